The second-order valence-electron chi connectivity index (χ2n) is 6.89. The monoisotopic (exact) mass is 357 g/mol. The van der Waals surface area contributed by atoms with Gasteiger partial charge < -0.3 is 19.7 Å². The molecule has 0 aliphatic carbocycles. The van der Waals surface area contributed by atoms with Gasteiger partial charge in [-0.15, -0.1) is 0 Å². The molecule has 5 nitrogen and oxygen atoms in total. The van der Waals surface area contributed by atoms with Crippen molar-refractivity contribution in [2.24, 2.45) is 5.92 Å². The Labute approximate surface area is 154 Å². The van der Waals surface area contributed by atoms with Crippen molar-refractivity contribution in [1.29, 1.82) is 0 Å². The maximum Gasteiger partial charge on any atom is 0.200 e. The van der Waals surface area contributed by atoms with E-state index in [4.69, 9.17) is 9.47 Å². The molecule has 1 aliphatic rings. The molecule has 1 fully saturated rings. The first kappa shape index (κ1) is 18.5. The lowest BCUT2D eigenvalue weighted by Crippen LogP contribution is -2.43. The molecule has 5 heteroatoms. The molecule has 0 aromatic heterocycles. The summed E-state index contributed by atoms with van der Waals surface area (Å²) >= 11 is 0. The van der Waals surface area contributed by atoms with Gasteiger partial charge in [-0.05, 0) is 36.1 Å². The summed E-state index contributed by atoms with van der Waals surface area (Å²) in [7, 11) is 3.05. The Kier molecular flexibility index (Phi) is 6.01. The van der Waals surface area contributed by atoms with Crippen molar-refractivity contribution in [3.63, 3.8) is 0 Å². The van der Waals surface area contributed by atoms with E-state index in [1.165, 1.54) is 19.8 Å². The van der Waals surface area contributed by atoms with Gasteiger partial charge in [0.2, 0.25) is 5.75 Å². The molecule has 2 atom stereocenters. The highest BCUT2D eigenvalue weighted by Crippen LogP contribution is 2.38. The van der Waals surface area contributed by atoms with E-state index in [-0.39, 0.29) is 17.8 Å². The second kappa shape index (κ2) is 8.43. The third-order valence-corrected chi connectivity index (χ3v) is 5.06. The van der Waals surface area contributed by atoms with E-state index in [0.29, 0.717) is 17.9 Å². The van der Waals surface area contributed by atoms with Gasteiger partial charge in [0.25, 0.3) is 0 Å². The lowest BCUT2D eigenvalue weighted by molar-refractivity contribution is 0.0239. The van der Waals surface area contributed by atoms with Crippen LogP contribution in [-0.2, 0) is 13.0 Å². The molecule has 0 saturated carbocycles. The molecule has 1 aliphatic heterocycles. The highest BCUT2D eigenvalue weighted by atomic mass is 16.5. The average molecular weight is 357 g/mol. The van der Waals surface area contributed by atoms with Gasteiger partial charge in [0.15, 0.2) is 11.5 Å². The largest absolute Gasteiger partial charge is 0.502 e. The molecule has 2 unspecified atom stereocenters. The number of aromatic hydroxyl groups is 1. The fourth-order valence-corrected chi connectivity index (χ4v) is 3.65. The number of phenolic OH excluding ortho intramolecular Hbond substituents is 1. The number of likely N-dealkylation sites (tertiary alicyclic amines) is 1. The van der Waals surface area contributed by atoms with Crippen LogP contribution in [0.4, 0.5) is 0 Å². The van der Waals surface area contributed by atoms with Crippen LogP contribution in [0.3, 0.4) is 0 Å². The molecule has 1 heterocycles. The molecule has 0 spiro atoms. The number of aliphatic hydroxyl groups is 1. The highest BCUT2D eigenvalue weighted by molar-refractivity contribution is 5.52. The Morgan fingerprint density at radius 3 is 2.31 bits per heavy atom. The Balaban J connectivity index is 1.71. The number of aliphatic hydroxyl groups excluding tert-OH is 1. The summed E-state index contributed by atoms with van der Waals surface area (Å²) in [6.07, 6.45) is 1.15. The van der Waals surface area contributed by atoms with E-state index < -0.39 is 0 Å². The topological polar surface area (TPSA) is 62.2 Å². The number of nitrogens with zero attached hydrogens (tertiary/aromatic N) is 1. The van der Waals surface area contributed by atoms with Gasteiger partial charge in [-0.1, -0.05) is 30.3 Å². The summed E-state index contributed by atoms with van der Waals surface area (Å²) in [5.41, 5.74) is 2.28. The normalized spacial score (nSPS) is 20.7. The molecule has 0 radical (unpaired) electrons. The SMILES string of the molecule is COc1cc(CC2CN(Cc3ccccc3)CCC2O)cc(OC)c1O. The summed E-state index contributed by atoms with van der Waals surface area (Å²) in [5, 5.41) is 20.6. The van der Waals surface area contributed by atoms with Crippen molar-refractivity contribution < 1.29 is 19.7 Å². The van der Waals surface area contributed by atoms with Crippen molar-refractivity contribution in [2.45, 2.75) is 25.5 Å². The zero-order chi connectivity index (χ0) is 18.5. The number of methoxy groups -OCH3 is 2. The number of piperidine rings is 1. The Bertz CT molecular complexity index is 694. The summed E-state index contributed by atoms with van der Waals surface area (Å²) in [6, 6.07) is 14.0. The number of rotatable bonds is 6. The van der Waals surface area contributed by atoms with Crippen LogP contribution in [0.15, 0.2) is 42.5 Å². The first-order valence-electron chi connectivity index (χ1n) is 8.99. The Morgan fingerprint density at radius 1 is 1.04 bits per heavy atom. The number of phenols is 1. The van der Waals surface area contributed by atoms with Gasteiger partial charge in [-0.3, -0.25) is 4.90 Å². The molecule has 3 rings (SSSR count). The van der Waals surface area contributed by atoms with Crippen LogP contribution in [0.1, 0.15) is 17.5 Å². The van der Waals surface area contributed by atoms with Gasteiger partial charge in [0.05, 0.1) is 20.3 Å². The standard InChI is InChI=1S/C21H27NO4/c1-25-19-11-16(12-20(26-2)21(19)24)10-17-14-22(9-8-18(17)23)13-15-6-4-3-5-7-15/h3-7,11-12,17-18,23-24H,8-10,13-14H2,1-2H3. The Hall–Kier alpha value is -2.24. The van der Waals surface area contributed by atoms with E-state index in [1.54, 1.807) is 0 Å². The predicted molar refractivity (Wildman–Crippen MR) is 101 cm³/mol. The molecule has 2 aromatic rings. The van der Waals surface area contributed by atoms with Crippen molar-refractivity contribution in [3.05, 3.63) is 53.6 Å². The molecule has 2 aromatic carbocycles. The zero-order valence-corrected chi connectivity index (χ0v) is 15.4. The third-order valence-electron chi connectivity index (χ3n) is 5.06. The summed E-state index contributed by atoms with van der Waals surface area (Å²) in [4.78, 5) is 2.39. The van der Waals surface area contributed by atoms with E-state index in [2.05, 4.69) is 29.2 Å². The van der Waals surface area contributed by atoms with Crippen LogP contribution in [0.2, 0.25) is 0 Å². The number of hydrogen-bond acceptors (Lipinski definition) is 5. The average Bonchev–Trinajstić information content (AvgIpc) is 2.66. The van der Waals surface area contributed by atoms with Crippen LogP contribution < -0.4 is 9.47 Å². The molecule has 2 N–H and O–H groups in total. The molecule has 0 amide bonds. The van der Waals surface area contributed by atoms with Crippen molar-refractivity contribution in [3.8, 4) is 17.2 Å². The zero-order valence-electron chi connectivity index (χ0n) is 15.4. The first-order valence-corrected chi connectivity index (χ1v) is 8.99. The molecule has 140 valence electrons. The van der Waals surface area contributed by atoms with E-state index >= 15 is 0 Å². The fourth-order valence-electron chi connectivity index (χ4n) is 3.65. The van der Waals surface area contributed by atoms with Gasteiger partial charge in [0, 0.05) is 25.6 Å². The smallest absolute Gasteiger partial charge is 0.200 e. The van der Waals surface area contributed by atoms with Crippen molar-refractivity contribution in [2.75, 3.05) is 27.3 Å². The lowest BCUT2D eigenvalue weighted by Gasteiger charge is -2.36. The number of ether oxygens (including phenoxy) is 2. The quantitative estimate of drug-likeness (QED) is 0.832. The van der Waals surface area contributed by atoms with Crippen LogP contribution >= 0.6 is 0 Å². The molecular weight excluding hydrogens is 330 g/mol. The van der Waals surface area contributed by atoms with Crippen LogP contribution in [0, 0.1) is 5.92 Å². The van der Waals surface area contributed by atoms with Crippen molar-refractivity contribution >= 4 is 0 Å². The van der Waals surface area contributed by atoms with Crippen molar-refractivity contribution in [1.82, 2.24) is 4.90 Å². The number of hydrogen-bond donors (Lipinski definition) is 2. The molecule has 26 heavy (non-hydrogen) atoms. The van der Waals surface area contributed by atoms with Crippen LogP contribution in [-0.4, -0.2) is 48.5 Å². The molecule has 0 bridgehead atoms. The Morgan fingerprint density at radius 2 is 1.69 bits per heavy atom. The maximum absolute atomic E-state index is 10.5. The van der Waals surface area contributed by atoms with Crippen LogP contribution in [0.5, 0.6) is 17.2 Å². The minimum Gasteiger partial charge on any atom is -0.502 e. The van der Waals surface area contributed by atoms with Crippen LogP contribution in [0.25, 0.3) is 0 Å². The van der Waals surface area contributed by atoms with E-state index in [0.717, 1.165) is 31.6 Å². The third kappa shape index (κ3) is 4.29. The van der Waals surface area contributed by atoms with Gasteiger partial charge >= 0.3 is 0 Å². The summed E-state index contributed by atoms with van der Waals surface area (Å²) in [5.74, 6) is 0.927. The summed E-state index contributed by atoms with van der Waals surface area (Å²) < 4.78 is 10.5. The van der Waals surface area contributed by atoms with E-state index in [1.807, 2.05) is 18.2 Å². The van der Waals surface area contributed by atoms with E-state index in [9.17, 15) is 10.2 Å². The first-order chi connectivity index (χ1) is 12.6. The minimum atomic E-state index is -0.326. The molecule has 1 saturated heterocycles. The minimum absolute atomic E-state index is 0.00801. The van der Waals surface area contributed by atoms with Gasteiger partial charge in [-0.25, -0.2) is 0 Å². The van der Waals surface area contributed by atoms with Gasteiger partial charge in [0.1, 0.15) is 0 Å². The summed E-state index contributed by atoms with van der Waals surface area (Å²) in [6.45, 7) is 2.63. The lowest BCUT2D eigenvalue weighted by atomic mass is 9.88. The molecular formula is C21H27NO4. The predicted octanol–water partition coefficient (Wildman–Crippen LogP) is 2.83. The maximum atomic E-state index is 10.5. The van der Waals surface area contributed by atoms with Gasteiger partial charge in [-0.2, -0.15) is 0 Å². The fraction of sp³-hybridized carbons (Fsp3) is 0.429. The highest BCUT2D eigenvalue weighted by Gasteiger charge is 2.28. The number of benzene rings is 2. The second-order valence-corrected chi connectivity index (χ2v) is 6.89.